The summed E-state index contributed by atoms with van der Waals surface area (Å²) in [5.41, 5.74) is 1.87. The molecule has 1 aliphatic heterocycles. The Morgan fingerprint density at radius 1 is 1.03 bits per heavy atom. The predicted molar refractivity (Wildman–Crippen MR) is 108 cm³/mol. The summed E-state index contributed by atoms with van der Waals surface area (Å²) in [5, 5.41) is 9.71. The van der Waals surface area contributed by atoms with E-state index in [4.69, 9.17) is 14.2 Å². The first-order valence-electron chi connectivity index (χ1n) is 8.78. The lowest BCUT2D eigenvalue weighted by Gasteiger charge is -2.19. The Balaban J connectivity index is 2.14. The van der Waals surface area contributed by atoms with Gasteiger partial charge in [0.2, 0.25) is 0 Å². The van der Waals surface area contributed by atoms with E-state index in [1.807, 2.05) is 0 Å². The van der Waals surface area contributed by atoms with Gasteiger partial charge in [-0.3, -0.25) is 9.69 Å². The van der Waals surface area contributed by atoms with Crippen molar-refractivity contribution in [3.05, 3.63) is 64.9 Å². The minimum absolute atomic E-state index is 0.0573. The summed E-state index contributed by atoms with van der Waals surface area (Å²) in [6, 6.07) is 11.5. The maximum Gasteiger partial charge on any atom is 0.340 e. The second-order valence-electron chi connectivity index (χ2n) is 6.28. The summed E-state index contributed by atoms with van der Waals surface area (Å²) in [5.74, 6) is 0.0226. The molecule has 0 bridgehead atoms. The summed E-state index contributed by atoms with van der Waals surface area (Å²) in [7, 11) is 4.29. The van der Waals surface area contributed by atoms with Crippen LogP contribution in [0.5, 0.6) is 17.2 Å². The number of amides is 1. The first-order chi connectivity index (χ1) is 13.9. The molecule has 0 spiro atoms. The van der Waals surface area contributed by atoms with E-state index in [2.05, 4.69) is 0 Å². The van der Waals surface area contributed by atoms with Crippen LogP contribution < -0.4 is 14.4 Å². The van der Waals surface area contributed by atoms with E-state index in [0.717, 1.165) is 0 Å². The number of hydrogen-bond acceptors (Lipinski definition) is 6. The Morgan fingerprint density at radius 3 is 2.38 bits per heavy atom. The fraction of sp³-hybridized carbons (Fsp3) is 0.182. The third-order valence-corrected chi connectivity index (χ3v) is 4.60. The average molecular weight is 395 g/mol. The molecule has 3 rings (SSSR count). The van der Waals surface area contributed by atoms with Crippen molar-refractivity contribution in [2.45, 2.75) is 6.92 Å². The van der Waals surface area contributed by atoms with Crippen molar-refractivity contribution < 1.29 is 28.9 Å². The number of ether oxygens (including phenoxy) is 3. The van der Waals surface area contributed by atoms with Crippen LogP contribution in [0.2, 0.25) is 0 Å². The van der Waals surface area contributed by atoms with Gasteiger partial charge in [0.25, 0.3) is 5.91 Å². The molecule has 0 fully saturated rings. The number of nitrogens with zero attached hydrogens (tertiary/aromatic N) is 1. The normalized spacial score (nSPS) is 15.1. The van der Waals surface area contributed by atoms with Crippen molar-refractivity contribution in [2.75, 3.05) is 26.2 Å². The number of carbonyl (C=O) groups excluding carboxylic acids is 2. The molecule has 29 heavy (non-hydrogen) atoms. The van der Waals surface area contributed by atoms with Crippen LogP contribution in [0, 0.1) is 0 Å². The Morgan fingerprint density at radius 2 is 1.76 bits per heavy atom. The molecule has 7 nitrogen and oxygen atoms in total. The predicted octanol–water partition coefficient (Wildman–Crippen LogP) is 3.29. The van der Waals surface area contributed by atoms with Gasteiger partial charge in [-0.1, -0.05) is 12.1 Å². The molecule has 0 saturated heterocycles. The number of esters is 1. The molecule has 150 valence electrons. The van der Waals surface area contributed by atoms with Crippen molar-refractivity contribution in [1.29, 1.82) is 0 Å². The zero-order valence-corrected chi connectivity index (χ0v) is 16.6. The number of hydrogen-bond donors (Lipinski definition) is 1. The van der Waals surface area contributed by atoms with Gasteiger partial charge in [-0.2, -0.15) is 0 Å². The lowest BCUT2D eigenvalue weighted by atomic mass is 10.0. The molecule has 2 aromatic carbocycles. The first kappa shape index (κ1) is 20.0. The molecule has 0 atom stereocenters. The van der Waals surface area contributed by atoms with E-state index >= 15 is 0 Å². The summed E-state index contributed by atoms with van der Waals surface area (Å²) < 4.78 is 15.5. The summed E-state index contributed by atoms with van der Waals surface area (Å²) in [6.07, 6.45) is 1.55. The van der Waals surface area contributed by atoms with Gasteiger partial charge in [-0.25, -0.2) is 4.79 Å². The van der Waals surface area contributed by atoms with Gasteiger partial charge in [0.05, 0.1) is 38.2 Å². The topological polar surface area (TPSA) is 85.3 Å². The Kier molecular flexibility index (Phi) is 5.59. The van der Waals surface area contributed by atoms with Crippen molar-refractivity contribution in [3.8, 4) is 17.2 Å². The molecule has 0 aromatic heterocycles. The molecule has 7 heteroatoms. The molecule has 2 aromatic rings. The van der Waals surface area contributed by atoms with Gasteiger partial charge in [0.1, 0.15) is 5.75 Å². The second kappa shape index (κ2) is 8.10. The highest BCUT2D eigenvalue weighted by Crippen LogP contribution is 2.39. The van der Waals surface area contributed by atoms with Gasteiger partial charge >= 0.3 is 5.97 Å². The Labute approximate surface area is 168 Å². The van der Waals surface area contributed by atoms with Gasteiger partial charge in [0, 0.05) is 11.8 Å². The third-order valence-electron chi connectivity index (χ3n) is 4.60. The van der Waals surface area contributed by atoms with Crippen LogP contribution in [0.3, 0.4) is 0 Å². The van der Waals surface area contributed by atoms with E-state index in [9.17, 15) is 14.7 Å². The maximum atomic E-state index is 13.3. The standard InChI is InChI=1S/C22H21NO6/c1-13-20(22(26)29-4)17(11-14-6-5-7-16(24)10-14)21(25)23(13)15-8-9-18(27-2)19(12-15)28-3/h5-12,24H,1-4H3/b17-11-. The average Bonchev–Trinajstić information content (AvgIpc) is 2.96. The van der Waals surface area contributed by atoms with E-state index in [0.29, 0.717) is 28.4 Å². The van der Waals surface area contributed by atoms with Crippen LogP contribution in [0.15, 0.2) is 59.3 Å². The van der Waals surface area contributed by atoms with Crippen LogP contribution in [0.4, 0.5) is 5.69 Å². The molecule has 1 N–H and O–H groups in total. The molecule has 0 aliphatic carbocycles. The molecule has 0 radical (unpaired) electrons. The summed E-state index contributed by atoms with van der Waals surface area (Å²) in [6.45, 7) is 1.67. The SMILES string of the molecule is COC(=O)C1=C(C)N(c2ccc(OC)c(OC)c2)C(=O)/C1=C\c1cccc(O)c1. The number of rotatable bonds is 5. The van der Waals surface area contributed by atoms with Gasteiger partial charge < -0.3 is 19.3 Å². The smallest absolute Gasteiger partial charge is 0.340 e. The van der Waals surface area contributed by atoms with Crippen LogP contribution in [0.1, 0.15) is 12.5 Å². The number of phenols is 1. The van der Waals surface area contributed by atoms with Crippen LogP contribution in [0.25, 0.3) is 6.08 Å². The summed E-state index contributed by atoms with van der Waals surface area (Å²) >= 11 is 0. The monoisotopic (exact) mass is 395 g/mol. The molecule has 1 aliphatic rings. The fourth-order valence-electron chi connectivity index (χ4n) is 3.24. The number of benzene rings is 2. The van der Waals surface area contributed by atoms with Crippen molar-refractivity contribution in [1.82, 2.24) is 0 Å². The molecule has 0 unspecified atom stereocenters. The summed E-state index contributed by atoms with van der Waals surface area (Å²) in [4.78, 5) is 27.1. The quantitative estimate of drug-likeness (QED) is 0.618. The van der Waals surface area contributed by atoms with E-state index in [1.165, 1.54) is 38.4 Å². The molecule has 0 saturated carbocycles. The highest BCUT2D eigenvalue weighted by atomic mass is 16.5. The number of anilines is 1. The largest absolute Gasteiger partial charge is 0.508 e. The molecular weight excluding hydrogens is 374 g/mol. The van der Waals surface area contributed by atoms with E-state index < -0.39 is 11.9 Å². The third kappa shape index (κ3) is 3.67. The van der Waals surface area contributed by atoms with Gasteiger partial charge in [0.15, 0.2) is 11.5 Å². The van der Waals surface area contributed by atoms with Crippen LogP contribution in [-0.4, -0.2) is 38.3 Å². The zero-order chi connectivity index (χ0) is 21.1. The zero-order valence-electron chi connectivity index (χ0n) is 16.6. The maximum absolute atomic E-state index is 13.3. The number of phenolic OH excluding ortho intramolecular Hbond substituents is 1. The number of aromatic hydroxyl groups is 1. The van der Waals surface area contributed by atoms with E-state index in [1.54, 1.807) is 43.3 Å². The van der Waals surface area contributed by atoms with Crippen molar-refractivity contribution in [2.24, 2.45) is 0 Å². The van der Waals surface area contributed by atoms with Crippen molar-refractivity contribution in [3.63, 3.8) is 0 Å². The van der Waals surface area contributed by atoms with Crippen LogP contribution in [-0.2, 0) is 14.3 Å². The Hall–Kier alpha value is -3.74. The van der Waals surface area contributed by atoms with Crippen molar-refractivity contribution >= 4 is 23.6 Å². The first-order valence-corrected chi connectivity index (χ1v) is 8.78. The number of methoxy groups -OCH3 is 3. The highest BCUT2D eigenvalue weighted by Gasteiger charge is 2.38. The molecule has 1 heterocycles. The molecular formula is C22H21NO6. The second-order valence-corrected chi connectivity index (χ2v) is 6.28. The molecule has 1 amide bonds. The van der Waals surface area contributed by atoms with Crippen LogP contribution >= 0.6 is 0 Å². The van der Waals surface area contributed by atoms with Gasteiger partial charge in [-0.15, -0.1) is 0 Å². The van der Waals surface area contributed by atoms with E-state index in [-0.39, 0.29) is 16.9 Å². The van der Waals surface area contributed by atoms with Gasteiger partial charge in [-0.05, 0) is 42.8 Å². The minimum Gasteiger partial charge on any atom is -0.508 e. The lowest BCUT2D eigenvalue weighted by molar-refractivity contribution is -0.136. The number of allylic oxidation sites excluding steroid dienone is 1. The minimum atomic E-state index is -0.620. The highest BCUT2D eigenvalue weighted by molar-refractivity contribution is 6.23. The lowest BCUT2D eigenvalue weighted by Crippen LogP contribution is -2.24. The fourth-order valence-corrected chi connectivity index (χ4v) is 3.24. The number of carbonyl (C=O) groups is 2. The Bertz CT molecular complexity index is 1040.